The van der Waals surface area contributed by atoms with Gasteiger partial charge in [-0.15, -0.1) is 0 Å². The molecule has 23 heavy (non-hydrogen) atoms. The van der Waals surface area contributed by atoms with Crippen LogP contribution in [-0.2, 0) is 11.3 Å². The van der Waals surface area contributed by atoms with E-state index < -0.39 is 5.54 Å². The van der Waals surface area contributed by atoms with E-state index in [1.54, 1.807) is 18.3 Å². The molecule has 0 aliphatic carbocycles. The number of rotatable bonds is 5. The zero-order chi connectivity index (χ0) is 16.9. The Balaban J connectivity index is 1.99. The van der Waals surface area contributed by atoms with Gasteiger partial charge < -0.3 is 19.9 Å². The number of aromatic nitrogens is 1. The van der Waals surface area contributed by atoms with E-state index in [0.717, 1.165) is 25.9 Å². The van der Waals surface area contributed by atoms with Gasteiger partial charge in [0.1, 0.15) is 0 Å². The van der Waals surface area contributed by atoms with Crippen molar-refractivity contribution in [3.8, 4) is 5.75 Å². The molecule has 6 heteroatoms. The summed E-state index contributed by atoms with van der Waals surface area (Å²) >= 11 is 0. The van der Waals surface area contributed by atoms with E-state index in [1.165, 1.54) is 17.4 Å². The molecule has 2 N–H and O–H groups in total. The van der Waals surface area contributed by atoms with Crippen molar-refractivity contribution in [3.63, 3.8) is 0 Å². The molecule has 0 aromatic carbocycles. The summed E-state index contributed by atoms with van der Waals surface area (Å²) in [7, 11) is 0. The van der Waals surface area contributed by atoms with E-state index in [-0.39, 0.29) is 23.8 Å². The normalized spacial score (nSPS) is 16.0. The van der Waals surface area contributed by atoms with Crippen LogP contribution >= 0.6 is 0 Å². The van der Waals surface area contributed by atoms with Crippen LogP contribution in [0.15, 0.2) is 23.1 Å². The van der Waals surface area contributed by atoms with Crippen molar-refractivity contribution in [3.05, 3.63) is 28.7 Å². The molecular weight excluding hydrogens is 294 g/mol. The molecule has 0 bridgehead atoms. The molecule has 1 fully saturated rings. The number of nitrogens with zero attached hydrogens (tertiary/aromatic N) is 2. The largest absolute Gasteiger partial charge is 0.478 e. The summed E-state index contributed by atoms with van der Waals surface area (Å²) < 4.78 is 7.00. The first-order valence-corrected chi connectivity index (χ1v) is 8.26. The van der Waals surface area contributed by atoms with Gasteiger partial charge in [-0.05, 0) is 38.8 Å². The van der Waals surface area contributed by atoms with Gasteiger partial charge in [-0.25, -0.2) is 0 Å². The number of hydrogen-bond acceptors (Lipinski definition) is 4. The summed E-state index contributed by atoms with van der Waals surface area (Å²) in [6, 6.07) is 3.33. The first kappa shape index (κ1) is 17.5. The van der Waals surface area contributed by atoms with Gasteiger partial charge >= 0.3 is 0 Å². The maximum Gasteiger partial charge on any atom is 0.292 e. The van der Waals surface area contributed by atoms with Crippen LogP contribution in [-0.4, -0.2) is 40.6 Å². The summed E-state index contributed by atoms with van der Waals surface area (Å²) in [6.45, 7) is 5.57. The van der Waals surface area contributed by atoms with Gasteiger partial charge in [0.15, 0.2) is 12.4 Å². The van der Waals surface area contributed by atoms with Crippen molar-refractivity contribution in [2.24, 2.45) is 5.73 Å². The lowest BCUT2D eigenvalue weighted by Crippen LogP contribution is -2.40. The first-order valence-electron chi connectivity index (χ1n) is 8.26. The quantitative estimate of drug-likeness (QED) is 0.888. The van der Waals surface area contributed by atoms with Crippen LogP contribution < -0.4 is 16.0 Å². The SMILES string of the molecule is CC(C)(N)Cn1cccc(OCC(=O)N2CCCCCC2)c1=O. The Bertz CT molecular complexity index is 581. The van der Waals surface area contributed by atoms with Gasteiger partial charge in [-0.1, -0.05) is 12.8 Å². The summed E-state index contributed by atoms with van der Waals surface area (Å²) in [5, 5.41) is 0. The van der Waals surface area contributed by atoms with E-state index in [9.17, 15) is 9.59 Å². The molecule has 1 amide bonds. The molecule has 6 nitrogen and oxygen atoms in total. The third kappa shape index (κ3) is 5.39. The minimum atomic E-state index is -0.496. The molecule has 1 saturated heterocycles. The first-order chi connectivity index (χ1) is 10.9. The van der Waals surface area contributed by atoms with Crippen LogP contribution in [0.4, 0.5) is 0 Å². The Morgan fingerprint density at radius 3 is 2.52 bits per heavy atom. The standard InChI is InChI=1S/C17H27N3O3/c1-17(2,18)13-20-11-7-8-14(16(20)22)23-12-15(21)19-9-5-3-4-6-10-19/h7-8,11H,3-6,9-10,12-13,18H2,1-2H3. The predicted molar refractivity (Wildman–Crippen MR) is 89.5 cm³/mol. The number of carbonyl (C=O) groups is 1. The van der Waals surface area contributed by atoms with E-state index in [2.05, 4.69) is 0 Å². The number of carbonyl (C=O) groups excluding carboxylic acids is 1. The Kier molecular flexibility index (Phi) is 5.82. The summed E-state index contributed by atoms with van der Waals surface area (Å²) in [4.78, 5) is 26.4. The second-order valence-corrected chi connectivity index (χ2v) is 6.88. The second-order valence-electron chi connectivity index (χ2n) is 6.88. The van der Waals surface area contributed by atoms with Crippen LogP contribution in [0.2, 0.25) is 0 Å². The molecule has 1 aliphatic rings. The van der Waals surface area contributed by atoms with Crippen molar-refractivity contribution in [2.75, 3.05) is 19.7 Å². The summed E-state index contributed by atoms with van der Waals surface area (Å²) in [5.41, 5.74) is 5.21. The average Bonchev–Trinajstić information content (AvgIpc) is 2.75. The average molecular weight is 321 g/mol. The van der Waals surface area contributed by atoms with Crippen molar-refractivity contribution in [2.45, 2.75) is 51.6 Å². The van der Waals surface area contributed by atoms with Crippen LogP contribution in [0.5, 0.6) is 5.75 Å². The molecule has 0 unspecified atom stereocenters. The molecular formula is C17H27N3O3. The van der Waals surface area contributed by atoms with Crippen molar-refractivity contribution in [1.29, 1.82) is 0 Å². The highest BCUT2D eigenvalue weighted by Gasteiger charge is 2.18. The third-order valence-corrected chi connectivity index (χ3v) is 3.87. The minimum Gasteiger partial charge on any atom is -0.478 e. The summed E-state index contributed by atoms with van der Waals surface area (Å²) in [6.07, 6.45) is 6.09. The highest BCUT2D eigenvalue weighted by Crippen LogP contribution is 2.11. The molecule has 0 spiro atoms. The van der Waals surface area contributed by atoms with Crippen molar-refractivity contribution >= 4 is 5.91 Å². The lowest BCUT2D eigenvalue weighted by molar-refractivity contribution is -0.133. The zero-order valence-electron chi connectivity index (χ0n) is 14.1. The molecule has 0 atom stereocenters. The van der Waals surface area contributed by atoms with E-state index in [1.807, 2.05) is 18.7 Å². The predicted octanol–water partition coefficient (Wildman–Crippen LogP) is 1.37. The van der Waals surface area contributed by atoms with Crippen LogP contribution in [0.25, 0.3) is 0 Å². The number of likely N-dealkylation sites (tertiary alicyclic amines) is 1. The maximum absolute atomic E-state index is 12.3. The highest BCUT2D eigenvalue weighted by molar-refractivity contribution is 5.77. The Labute approximate surface area is 137 Å². The zero-order valence-corrected chi connectivity index (χ0v) is 14.1. The fourth-order valence-electron chi connectivity index (χ4n) is 2.74. The molecule has 2 heterocycles. The number of pyridine rings is 1. The molecule has 0 radical (unpaired) electrons. The molecule has 128 valence electrons. The number of ether oxygens (including phenoxy) is 1. The Hall–Kier alpha value is -1.82. The number of hydrogen-bond donors (Lipinski definition) is 1. The maximum atomic E-state index is 12.3. The van der Waals surface area contributed by atoms with Gasteiger partial charge in [-0.2, -0.15) is 0 Å². The fraction of sp³-hybridized carbons (Fsp3) is 0.647. The minimum absolute atomic E-state index is 0.0548. The molecule has 1 aromatic rings. The second kappa shape index (κ2) is 7.64. The lowest BCUT2D eigenvalue weighted by atomic mass is 10.1. The van der Waals surface area contributed by atoms with E-state index in [4.69, 9.17) is 10.5 Å². The monoisotopic (exact) mass is 321 g/mol. The molecule has 1 aliphatic heterocycles. The van der Waals surface area contributed by atoms with Gasteiger partial charge in [0.2, 0.25) is 0 Å². The number of nitrogens with two attached hydrogens (primary N) is 1. The van der Waals surface area contributed by atoms with Gasteiger partial charge in [0.25, 0.3) is 11.5 Å². The fourth-order valence-corrected chi connectivity index (χ4v) is 2.74. The van der Waals surface area contributed by atoms with Crippen molar-refractivity contribution < 1.29 is 9.53 Å². The van der Waals surface area contributed by atoms with Crippen LogP contribution in [0.3, 0.4) is 0 Å². The Morgan fingerprint density at radius 1 is 1.26 bits per heavy atom. The van der Waals surface area contributed by atoms with Gasteiger partial charge in [0.05, 0.1) is 0 Å². The van der Waals surface area contributed by atoms with E-state index >= 15 is 0 Å². The lowest BCUT2D eigenvalue weighted by Gasteiger charge is -2.21. The third-order valence-electron chi connectivity index (χ3n) is 3.87. The smallest absolute Gasteiger partial charge is 0.292 e. The Morgan fingerprint density at radius 2 is 1.91 bits per heavy atom. The van der Waals surface area contributed by atoms with E-state index in [0.29, 0.717) is 6.54 Å². The number of amides is 1. The highest BCUT2D eigenvalue weighted by atomic mass is 16.5. The van der Waals surface area contributed by atoms with Crippen LogP contribution in [0.1, 0.15) is 39.5 Å². The van der Waals surface area contributed by atoms with Gasteiger partial charge in [-0.3, -0.25) is 9.59 Å². The van der Waals surface area contributed by atoms with Crippen LogP contribution in [0, 0.1) is 0 Å². The molecule has 2 rings (SSSR count). The molecule has 0 saturated carbocycles. The van der Waals surface area contributed by atoms with Gasteiger partial charge in [0, 0.05) is 31.4 Å². The topological polar surface area (TPSA) is 77.6 Å². The molecule has 1 aromatic heterocycles. The summed E-state index contributed by atoms with van der Waals surface area (Å²) in [5.74, 6) is 0.140. The van der Waals surface area contributed by atoms with Crippen molar-refractivity contribution in [1.82, 2.24) is 9.47 Å².